The van der Waals surface area contributed by atoms with E-state index < -0.39 is 52.1 Å². The van der Waals surface area contributed by atoms with Crippen LogP contribution >= 0.6 is 23.2 Å². The minimum absolute atomic E-state index is 0.0124. The van der Waals surface area contributed by atoms with E-state index in [0.717, 1.165) is 24.3 Å². The van der Waals surface area contributed by atoms with Crippen molar-refractivity contribution in [1.82, 2.24) is 5.32 Å². The Hall–Kier alpha value is -1.87. The molecule has 0 amide bonds. The molecule has 1 fully saturated rings. The molecule has 0 unspecified atom stereocenters. The molecule has 10 heteroatoms. The van der Waals surface area contributed by atoms with Crippen molar-refractivity contribution in [3.63, 3.8) is 0 Å². The zero-order valence-corrected chi connectivity index (χ0v) is 19.6. The van der Waals surface area contributed by atoms with Crippen LogP contribution in [0.1, 0.15) is 49.8 Å². The van der Waals surface area contributed by atoms with E-state index in [9.17, 15) is 23.1 Å². The van der Waals surface area contributed by atoms with Crippen LogP contribution in [0.25, 0.3) is 0 Å². The molecule has 33 heavy (non-hydrogen) atoms. The van der Waals surface area contributed by atoms with E-state index in [-0.39, 0.29) is 21.6 Å². The van der Waals surface area contributed by atoms with Gasteiger partial charge in [-0.25, -0.2) is 4.39 Å². The van der Waals surface area contributed by atoms with Crippen LogP contribution in [-0.2, 0) is 16.5 Å². The average molecular weight is 507 g/mol. The minimum atomic E-state index is -4.69. The third kappa shape index (κ3) is 4.99. The fraction of sp³-hybridized carbons (Fsp3) is 0.435. The minimum Gasteiger partial charge on any atom is -0.480 e. The summed E-state index contributed by atoms with van der Waals surface area (Å²) in [6.45, 7) is 5.77. The van der Waals surface area contributed by atoms with Crippen molar-refractivity contribution >= 4 is 29.2 Å². The third-order valence-corrected chi connectivity index (χ3v) is 6.49. The second-order valence-electron chi connectivity index (χ2n) is 9.57. The summed E-state index contributed by atoms with van der Waals surface area (Å²) < 4.78 is 54.9. The molecule has 4 N–H and O–H groups in total. The molecule has 0 saturated carbocycles. The van der Waals surface area contributed by atoms with Gasteiger partial charge >= 0.3 is 12.1 Å². The Labute approximate surface area is 199 Å². The van der Waals surface area contributed by atoms with Crippen LogP contribution in [0.3, 0.4) is 0 Å². The Morgan fingerprint density at radius 1 is 1.15 bits per heavy atom. The van der Waals surface area contributed by atoms with Gasteiger partial charge in [-0.05, 0) is 41.7 Å². The highest BCUT2D eigenvalue weighted by atomic mass is 35.5. The zero-order valence-electron chi connectivity index (χ0n) is 18.1. The second-order valence-corrected chi connectivity index (χ2v) is 10.4. The Balaban J connectivity index is 2.27. The summed E-state index contributed by atoms with van der Waals surface area (Å²) in [5.74, 6) is -3.13. The van der Waals surface area contributed by atoms with Crippen molar-refractivity contribution in [3.8, 4) is 0 Å². The highest BCUT2D eigenvalue weighted by molar-refractivity contribution is 6.31. The summed E-state index contributed by atoms with van der Waals surface area (Å²) >= 11 is 11.8. The second kappa shape index (κ2) is 8.73. The van der Waals surface area contributed by atoms with Crippen LogP contribution in [0.5, 0.6) is 0 Å². The predicted molar refractivity (Wildman–Crippen MR) is 119 cm³/mol. The third-order valence-electron chi connectivity index (χ3n) is 5.94. The molecule has 4 nitrogen and oxygen atoms in total. The van der Waals surface area contributed by atoms with E-state index in [1.165, 1.54) is 12.1 Å². The van der Waals surface area contributed by atoms with Crippen LogP contribution in [0.15, 0.2) is 36.4 Å². The first-order valence-electron chi connectivity index (χ1n) is 10.2. The number of rotatable bonds is 4. The van der Waals surface area contributed by atoms with E-state index in [1.807, 2.05) is 20.8 Å². The fourth-order valence-electron chi connectivity index (χ4n) is 4.62. The van der Waals surface area contributed by atoms with E-state index >= 15 is 4.39 Å². The van der Waals surface area contributed by atoms with Gasteiger partial charge in [0.1, 0.15) is 11.9 Å². The number of alkyl halides is 3. The molecule has 1 heterocycles. The molecule has 1 aliphatic heterocycles. The first-order chi connectivity index (χ1) is 15.1. The molecule has 0 aromatic heterocycles. The SMILES string of the molecule is CC(C)(C)C[C@@H]1N[C@@H](C(=O)O)[C@H](c2ccc(C(F)(F)F)c(Cl)c2)[C@@]1(N)c1ccc(Cl)cc1F. The molecule has 0 radical (unpaired) electrons. The molecule has 2 aromatic rings. The number of nitrogens with one attached hydrogen (secondary N) is 1. The lowest BCUT2D eigenvalue weighted by molar-refractivity contribution is -0.140. The smallest absolute Gasteiger partial charge is 0.417 e. The Morgan fingerprint density at radius 3 is 2.27 bits per heavy atom. The molecule has 1 saturated heterocycles. The lowest BCUT2D eigenvalue weighted by Crippen LogP contribution is -2.52. The highest BCUT2D eigenvalue weighted by Gasteiger charge is 2.58. The van der Waals surface area contributed by atoms with E-state index in [4.69, 9.17) is 28.9 Å². The van der Waals surface area contributed by atoms with Crippen molar-refractivity contribution in [2.24, 2.45) is 11.1 Å². The molecule has 1 aliphatic rings. The molecule has 0 bridgehead atoms. The highest BCUT2D eigenvalue weighted by Crippen LogP contribution is 2.49. The van der Waals surface area contributed by atoms with Crippen LogP contribution in [0.2, 0.25) is 10.0 Å². The predicted octanol–water partition coefficient (Wildman–Crippen LogP) is 5.95. The number of benzene rings is 2. The van der Waals surface area contributed by atoms with Gasteiger partial charge in [0.25, 0.3) is 0 Å². The van der Waals surface area contributed by atoms with Gasteiger partial charge in [0, 0.05) is 22.5 Å². The lowest BCUT2D eigenvalue weighted by atomic mass is 9.68. The van der Waals surface area contributed by atoms with Gasteiger partial charge in [-0.1, -0.05) is 56.1 Å². The summed E-state index contributed by atoms with van der Waals surface area (Å²) in [4.78, 5) is 12.2. The number of nitrogens with two attached hydrogens (primary N) is 1. The number of hydrogen-bond acceptors (Lipinski definition) is 3. The van der Waals surface area contributed by atoms with Gasteiger partial charge < -0.3 is 10.8 Å². The Morgan fingerprint density at radius 2 is 1.79 bits per heavy atom. The maximum atomic E-state index is 15.2. The summed E-state index contributed by atoms with van der Waals surface area (Å²) in [5.41, 5.74) is 4.03. The molecule has 4 atom stereocenters. The van der Waals surface area contributed by atoms with Crippen LogP contribution in [-0.4, -0.2) is 23.2 Å². The molecular weight excluding hydrogens is 483 g/mol. The Kier molecular flexibility index (Phi) is 6.81. The van der Waals surface area contributed by atoms with Crippen molar-refractivity contribution in [3.05, 3.63) is 69.0 Å². The Bertz CT molecular complexity index is 1070. The molecule has 180 valence electrons. The van der Waals surface area contributed by atoms with Gasteiger partial charge in [0.2, 0.25) is 0 Å². The summed E-state index contributed by atoms with van der Waals surface area (Å²) in [6.07, 6.45) is -4.33. The fourth-order valence-corrected chi connectivity index (χ4v) is 5.07. The standard InChI is InChI=1S/C23H24Cl2F4N2O2/c1-21(2,3)10-17-22(30,14-7-5-12(24)9-16(14)26)18(19(31-17)20(32)33)11-4-6-13(15(25)8-11)23(27,28)29/h4-9,17-19,31H,10,30H2,1-3H3,(H,32,33)/t17-,18-,19+,22+/m0/s1. The number of carbonyl (C=O) groups is 1. The molecule has 0 aliphatic carbocycles. The largest absolute Gasteiger partial charge is 0.480 e. The van der Waals surface area contributed by atoms with Gasteiger partial charge in [-0.15, -0.1) is 0 Å². The van der Waals surface area contributed by atoms with Gasteiger partial charge in [-0.2, -0.15) is 13.2 Å². The number of carboxylic acid groups (broad SMARTS) is 1. The van der Waals surface area contributed by atoms with Gasteiger partial charge in [0.05, 0.1) is 16.1 Å². The van der Waals surface area contributed by atoms with Crippen molar-refractivity contribution in [1.29, 1.82) is 0 Å². The van der Waals surface area contributed by atoms with E-state index in [1.54, 1.807) is 0 Å². The maximum absolute atomic E-state index is 15.2. The van der Waals surface area contributed by atoms with Crippen LogP contribution < -0.4 is 11.1 Å². The molecule has 0 spiro atoms. The molecule has 3 rings (SSSR count). The molecular formula is C23H24Cl2F4N2O2. The maximum Gasteiger partial charge on any atom is 0.417 e. The normalized spacial score (nSPS) is 25.9. The van der Waals surface area contributed by atoms with Gasteiger partial charge in [0.15, 0.2) is 0 Å². The van der Waals surface area contributed by atoms with Crippen molar-refractivity contribution < 1.29 is 27.5 Å². The first-order valence-corrected chi connectivity index (χ1v) is 10.9. The van der Waals surface area contributed by atoms with E-state index in [0.29, 0.717) is 6.42 Å². The quantitative estimate of drug-likeness (QED) is 0.447. The van der Waals surface area contributed by atoms with Crippen LogP contribution in [0, 0.1) is 11.2 Å². The van der Waals surface area contributed by atoms with Gasteiger partial charge in [-0.3, -0.25) is 10.1 Å². The average Bonchev–Trinajstić information content (AvgIpc) is 2.92. The summed E-state index contributed by atoms with van der Waals surface area (Å²) in [5, 5.41) is 12.5. The number of halogens is 6. The monoisotopic (exact) mass is 506 g/mol. The topological polar surface area (TPSA) is 75.3 Å². The number of hydrogen-bond donors (Lipinski definition) is 3. The number of aliphatic carboxylic acids is 1. The number of carboxylic acids is 1. The van der Waals surface area contributed by atoms with E-state index in [2.05, 4.69) is 5.32 Å². The summed E-state index contributed by atoms with van der Waals surface area (Å²) in [7, 11) is 0. The zero-order chi connectivity index (χ0) is 24.9. The summed E-state index contributed by atoms with van der Waals surface area (Å²) in [6, 6.07) is 4.86. The first kappa shape index (κ1) is 25.7. The van der Waals surface area contributed by atoms with Crippen molar-refractivity contribution in [2.75, 3.05) is 0 Å². The van der Waals surface area contributed by atoms with Crippen LogP contribution in [0.4, 0.5) is 17.6 Å². The lowest BCUT2D eigenvalue weighted by Gasteiger charge is -2.39. The molecule has 2 aromatic carbocycles. The van der Waals surface area contributed by atoms with Crippen molar-refractivity contribution in [2.45, 2.75) is 56.9 Å².